The molecule has 0 unspecified atom stereocenters. The van der Waals surface area contributed by atoms with E-state index in [1.54, 1.807) is 89.5 Å². The number of nitrogens with zero attached hydrogens (tertiary/aromatic N) is 2. The van der Waals surface area contributed by atoms with Gasteiger partial charge in [-0.05, 0) is 25.1 Å². The maximum atomic E-state index is 14.1. The first-order valence-corrected chi connectivity index (χ1v) is 36.2. The molecule has 0 saturated carbocycles. The summed E-state index contributed by atoms with van der Waals surface area (Å²) in [7, 11) is 7.13. The van der Waals surface area contributed by atoms with Gasteiger partial charge in [-0.2, -0.15) is 0 Å². The van der Waals surface area contributed by atoms with Crippen molar-refractivity contribution in [3.63, 3.8) is 0 Å². The fourth-order valence-corrected chi connectivity index (χ4v) is 37.5. The second kappa shape index (κ2) is 22.7. The van der Waals surface area contributed by atoms with Crippen LogP contribution in [0.15, 0.2) is 94.1 Å². The average molecular weight is 1150 g/mol. The first kappa shape index (κ1) is 50.8. The number of aromatic hydroxyl groups is 1. The van der Waals surface area contributed by atoms with Gasteiger partial charge in [0, 0.05) is 6.54 Å². The Morgan fingerprint density at radius 2 is 1.31 bits per heavy atom. The molecule has 4 aliphatic rings. The van der Waals surface area contributed by atoms with Gasteiger partial charge in [0.1, 0.15) is 24.7 Å². The van der Waals surface area contributed by atoms with E-state index in [0.717, 1.165) is 27.9 Å². The number of aliphatic carboxylic acids is 3. The van der Waals surface area contributed by atoms with Crippen LogP contribution in [0, 0.1) is 0 Å². The van der Waals surface area contributed by atoms with Gasteiger partial charge in [-0.15, -0.1) is 0 Å². The van der Waals surface area contributed by atoms with Crippen molar-refractivity contribution >= 4 is 131 Å². The van der Waals surface area contributed by atoms with Gasteiger partial charge >= 0.3 is 259 Å². The molecular weight excluding hydrogens is 1110 g/mol. The number of rotatable bonds is 20. The topological polar surface area (TPSA) is 262 Å². The Morgan fingerprint density at radius 3 is 1.96 bits per heavy atom. The summed E-state index contributed by atoms with van der Waals surface area (Å²) >= 11 is -3.97. The summed E-state index contributed by atoms with van der Waals surface area (Å²) in [5.74, 6) is -2.23. The molecule has 70 heavy (non-hydrogen) atoms. The zero-order valence-electron chi connectivity index (χ0n) is 36.9. The van der Waals surface area contributed by atoms with Crippen LogP contribution in [0.3, 0.4) is 0 Å². The summed E-state index contributed by atoms with van der Waals surface area (Å²) in [5.41, 5.74) is 1.82. The SMILES string of the molecule is CCN(CC(=O)[O-])c1ccccc1OCCOc1cc(NC(=O)c2ccc(-c3c4ccc(=O)c([As]5SCCS5)c-4oc4c([As]5SCCS5)c(O)ccc34)c(C(=O)O)c2)ccc1N(CC(=O)[O-])CC(=O)[O-]. The van der Waals surface area contributed by atoms with E-state index in [4.69, 9.17) is 13.9 Å². The summed E-state index contributed by atoms with van der Waals surface area (Å²) < 4.78 is 20.0. The molecule has 2 saturated heterocycles. The van der Waals surface area contributed by atoms with E-state index in [9.17, 15) is 54.3 Å². The fraction of sp³-hybridized carbons (Fsp3) is 0.234. The molecule has 3 N–H and O–H groups in total. The third kappa shape index (κ3) is 11.3. The number of carbonyl (C=O) groups excluding carboxylic acids is 4. The first-order chi connectivity index (χ1) is 33.7. The van der Waals surface area contributed by atoms with Crippen LogP contribution < -0.4 is 54.0 Å². The van der Waals surface area contributed by atoms with Crippen LogP contribution in [0.1, 0.15) is 27.6 Å². The number of amides is 1. The number of phenolic OH excluding ortho intramolecular Hbond substituents is 1. The monoisotopic (exact) mass is 1150 g/mol. The van der Waals surface area contributed by atoms with Crippen molar-refractivity contribution in [3.05, 3.63) is 106 Å². The third-order valence-corrected chi connectivity index (χ3v) is 38.0. The fourth-order valence-electron chi connectivity index (χ4n) is 7.87. The van der Waals surface area contributed by atoms with Crippen LogP contribution >= 0.6 is 40.1 Å². The minimum atomic E-state index is -2.01. The zero-order valence-corrected chi connectivity index (χ0v) is 43.9. The molecule has 3 aliphatic heterocycles. The minimum absolute atomic E-state index is 0.00551. The van der Waals surface area contributed by atoms with Crippen LogP contribution in [0.2, 0.25) is 0 Å². The van der Waals surface area contributed by atoms with Crippen molar-refractivity contribution in [3.8, 4) is 39.7 Å². The Balaban J connectivity index is 1.14. The molecule has 1 amide bonds. The predicted molar refractivity (Wildman–Crippen MR) is 271 cm³/mol. The van der Waals surface area contributed by atoms with E-state index in [1.165, 1.54) is 47.4 Å². The van der Waals surface area contributed by atoms with Gasteiger partial charge in [0.15, 0.2) is 0 Å². The van der Waals surface area contributed by atoms with E-state index < -0.39 is 67.6 Å². The van der Waals surface area contributed by atoms with Gasteiger partial charge in [-0.1, -0.05) is 12.1 Å². The van der Waals surface area contributed by atoms with Crippen LogP contribution in [0.25, 0.3) is 33.4 Å². The van der Waals surface area contributed by atoms with Gasteiger partial charge in [-0.25, -0.2) is 0 Å². The standard InChI is InChI=1S/C47H43As2N3O14S4/c1-2-51(23-38(55)56)32-5-3-4-6-36(32)64-15-16-65-37-22-27(8-12-33(37)52(24-39(57)58)25-40(59)60)50-46(61)26-7-9-28(31(21-26)47(62)63)41-29-10-13-34(53)42(48-67-17-18-68-48)44(29)66-45-30(41)11-14-35(54)43(45)49-69-19-20-70-49/h3-14,21-22,53H,2,15-20,23-25H2,1H3,(H,50,61)(H,55,56)(H,57,58)(H,59,60)(H,62,63)/p-3. The smallest absolute Gasteiger partial charge is 0.548 e. The Labute approximate surface area is 422 Å². The molecule has 8 rings (SSSR count). The number of nitrogens with one attached hydrogen (secondary N) is 1. The average Bonchev–Trinajstić information content (AvgIpc) is 4.07. The van der Waals surface area contributed by atoms with Crippen LogP contribution in [-0.4, -0.2) is 127 Å². The molecule has 3 heterocycles. The Bertz CT molecular complexity index is 3020. The number of hydrogen-bond acceptors (Lipinski definition) is 19. The van der Waals surface area contributed by atoms with Gasteiger partial charge in [-0.3, -0.25) is 0 Å². The number of aromatic carboxylic acids is 1. The molecule has 0 radical (unpaired) electrons. The molecule has 0 atom stereocenters. The van der Waals surface area contributed by atoms with Crippen LogP contribution in [-0.2, 0) is 14.4 Å². The Kier molecular flexibility index (Phi) is 16.5. The quantitative estimate of drug-likeness (QED) is 0.0560. The van der Waals surface area contributed by atoms with E-state index in [2.05, 4.69) is 5.32 Å². The second-order valence-electron chi connectivity index (χ2n) is 15.3. The molecule has 4 aromatic carbocycles. The molecule has 4 aromatic rings. The van der Waals surface area contributed by atoms with Crippen LogP contribution in [0.4, 0.5) is 17.1 Å². The van der Waals surface area contributed by atoms with Crippen LogP contribution in [0.5, 0.6) is 17.2 Å². The zero-order chi connectivity index (χ0) is 49.6. The number of carbonyl (C=O) groups is 5. The van der Waals surface area contributed by atoms with Gasteiger partial charge in [0.05, 0.1) is 48.9 Å². The first-order valence-electron chi connectivity index (χ1n) is 21.4. The number of anilines is 3. The molecule has 2 fully saturated rings. The number of benzene rings is 5. The summed E-state index contributed by atoms with van der Waals surface area (Å²) in [6.45, 7) is -0.337. The number of carboxylic acids is 4. The van der Waals surface area contributed by atoms with E-state index in [0.29, 0.717) is 54.5 Å². The van der Waals surface area contributed by atoms with Crippen molar-refractivity contribution in [2.75, 3.05) is 77.5 Å². The summed E-state index contributed by atoms with van der Waals surface area (Å²) in [6.07, 6.45) is 0. The van der Waals surface area contributed by atoms with Crippen molar-refractivity contribution in [1.82, 2.24) is 0 Å². The molecule has 364 valence electrons. The minimum Gasteiger partial charge on any atom is -0.548 e. The van der Waals surface area contributed by atoms with E-state index in [-0.39, 0.29) is 64.8 Å². The molecule has 0 bridgehead atoms. The molecular formula is C47H40As2N3O14S4-3. The number of ether oxygens (including phenoxy) is 2. The number of phenols is 1. The number of hydrogen-bond donors (Lipinski definition) is 3. The Hall–Kier alpha value is -5.56. The molecule has 1 aliphatic carbocycles. The number of carboxylic acid groups (broad SMARTS) is 4. The summed E-state index contributed by atoms with van der Waals surface area (Å²) in [5, 5.41) is 60.3. The van der Waals surface area contributed by atoms with Gasteiger partial charge in [0.2, 0.25) is 0 Å². The maximum absolute atomic E-state index is 14.1. The molecule has 0 aromatic heterocycles. The van der Waals surface area contributed by atoms with Crippen molar-refractivity contribution < 1.29 is 63.4 Å². The molecule has 23 heteroatoms. The second-order valence-corrected chi connectivity index (χ2v) is 38.5. The number of likely N-dealkylation sites (N-methyl/N-ethyl adjacent to an activating group) is 1. The van der Waals surface area contributed by atoms with Crippen molar-refractivity contribution in [1.29, 1.82) is 0 Å². The summed E-state index contributed by atoms with van der Waals surface area (Å²) in [6, 6.07) is 21.4. The van der Waals surface area contributed by atoms with E-state index in [1.807, 2.05) is 0 Å². The predicted octanol–water partition coefficient (Wildman–Crippen LogP) is 1.91. The Morgan fingerprint density at radius 1 is 0.714 bits per heavy atom. The summed E-state index contributed by atoms with van der Waals surface area (Å²) in [4.78, 5) is 78.4. The van der Waals surface area contributed by atoms with Gasteiger partial charge < -0.3 is 49.0 Å². The molecule has 0 spiro atoms. The third-order valence-electron chi connectivity index (χ3n) is 10.8. The number of fused-ring (bicyclic) bond motifs is 2. The van der Waals surface area contributed by atoms with Crippen molar-refractivity contribution in [2.24, 2.45) is 0 Å². The molecule has 17 nitrogen and oxygen atoms in total. The van der Waals surface area contributed by atoms with Gasteiger partial charge in [0.25, 0.3) is 0 Å². The van der Waals surface area contributed by atoms with Crippen molar-refractivity contribution in [2.45, 2.75) is 6.92 Å². The van der Waals surface area contributed by atoms with E-state index >= 15 is 0 Å². The normalized spacial score (nSPS) is 13.9. The number of para-hydroxylation sites is 2.